The van der Waals surface area contributed by atoms with Crippen molar-refractivity contribution in [2.24, 2.45) is 0 Å². The van der Waals surface area contributed by atoms with Gasteiger partial charge in [-0.3, -0.25) is 4.79 Å². The molecule has 0 radical (unpaired) electrons. The number of rotatable bonds is 3. The Morgan fingerprint density at radius 1 is 1.47 bits per heavy atom. The second-order valence-electron chi connectivity index (χ2n) is 4.65. The van der Waals surface area contributed by atoms with E-state index in [1.807, 2.05) is 20.8 Å². The zero-order valence-corrected chi connectivity index (χ0v) is 12.1. The van der Waals surface area contributed by atoms with E-state index in [2.05, 4.69) is 15.9 Å². The van der Waals surface area contributed by atoms with Crippen LogP contribution in [0.1, 0.15) is 37.6 Å². The second-order valence-corrected chi connectivity index (χ2v) is 5.51. The largest absolute Gasteiger partial charge is 0.337 e. The van der Waals surface area contributed by atoms with Crippen LogP contribution in [0, 0.1) is 5.82 Å². The van der Waals surface area contributed by atoms with E-state index in [0.29, 0.717) is 10.0 Å². The Morgan fingerprint density at radius 3 is 2.59 bits per heavy atom. The van der Waals surface area contributed by atoms with Crippen LogP contribution in [0.4, 0.5) is 4.39 Å². The fraction of sp³-hybridized carbons (Fsp3) is 0.462. The molecule has 0 fully saturated rings. The van der Waals surface area contributed by atoms with Crippen LogP contribution in [-0.4, -0.2) is 23.4 Å². The average Bonchev–Trinajstić information content (AvgIpc) is 2.30. The summed E-state index contributed by atoms with van der Waals surface area (Å²) in [4.78, 5) is 13.9. The van der Waals surface area contributed by atoms with Crippen LogP contribution in [0.5, 0.6) is 0 Å². The fourth-order valence-corrected chi connectivity index (χ4v) is 1.77. The van der Waals surface area contributed by atoms with Gasteiger partial charge in [-0.25, -0.2) is 4.39 Å². The van der Waals surface area contributed by atoms with Gasteiger partial charge in [0.25, 0.3) is 5.91 Å². The highest BCUT2D eigenvalue weighted by Gasteiger charge is 2.27. The van der Waals surface area contributed by atoms with Crippen molar-refractivity contribution in [3.63, 3.8) is 0 Å². The number of carbonyl (C=O) groups excluding carboxylic acids is 1. The molecule has 0 atom stereocenters. The van der Waals surface area contributed by atoms with Gasteiger partial charge in [-0.1, -0.05) is 6.92 Å². The van der Waals surface area contributed by atoms with E-state index in [0.717, 1.165) is 6.42 Å². The van der Waals surface area contributed by atoms with Crippen LogP contribution < -0.4 is 0 Å². The molecule has 0 saturated carbocycles. The molecule has 0 saturated heterocycles. The Hall–Kier alpha value is -0.900. The number of amides is 1. The van der Waals surface area contributed by atoms with Crippen LogP contribution in [-0.2, 0) is 0 Å². The smallest absolute Gasteiger partial charge is 0.255 e. The third-order valence-corrected chi connectivity index (χ3v) is 3.93. The van der Waals surface area contributed by atoms with E-state index in [4.69, 9.17) is 0 Å². The van der Waals surface area contributed by atoms with E-state index in [-0.39, 0.29) is 11.4 Å². The molecule has 4 heteroatoms. The Balaban J connectivity index is 3.08. The third-order valence-electron chi connectivity index (χ3n) is 3.24. The van der Waals surface area contributed by atoms with E-state index in [9.17, 15) is 9.18 Å². The molecule has 1 amide bonds. The molecule has 0 aliphatic heterocycles. The van der Waals surface area contributed by atoms with E-state index < -0.39 is 5.82 Å². The molecule has 0 aliphatic carbocycles. The molecule has 0 N–H and O–H groups in total. The Morgan fingerprint density at radius 2 is 2.06 bits per heavy atom. The molecule has 1 aromatic carbocycles. The van der Waals surface area contributed by atoms with Crippen LogP contribution in [0.25, 0.3) is 0 Å². The highest BCUT2D eigenvalue weighted by atomic mass is 79.9. The van der Waals surface area contributed by atoms with Crippen molar-refractivity contribution >= 4 is 21.8 Å². The van der Waals surface area contributed by atoms with Crippen LogP contribution in [0.2, 0.25) is 0 Å². The Labute approximate surface area is 110 Å². The molecular weight excluding hydrogens is 285 g/mol. The molecule has 2 nitrogen and oxygen atoms in total. The van der Waals surface area contributed by atoms with Gasteiger partial charge >= 0.3 is 0 Å². The van der Waals surface area contributed by atoms with Crippen molar-refractivity contribution in [2.45, 2.75) is 32.7 Å². The number of hydrogen-bond acceptors (Lipinski definition) is 1. The van der Waals surface area contributed by atoms with Gasteiger partial charge in [0.1, 0.15) is 5.82 Å². The maximum atomic E-state index is 13.2. The second kappa shape index (κ2) is 5.17. The molecule has 0 unspecified atom stereocenters. The first-order valence-corrected chi connectivity index (χ1v) is 6.32. The summed E-state index contributed by atoms with van der Waals surface area (Å²) < 4.78 is 13.8. The maximum Gasteiger partial charge on any atom is 0.255 e. The normalized spacial score (nSPS) is 11.4. The van der Waals surface area contributed by atoms with E-state index in [1.165, 1.54) is 12.1 Å². The summed E-state index contributed by atoms with van der Waals surface area (Å²) in [5.74, 6) is -0.581. The first-order chi connectivity index (χ1) is 7.79. The van der Waals surface area contributed by atoms with E-state index >= 15 is 0 Å². The van der Waals surface area contributed by atoms with Crippen molar-refractivity contribution < 1.29 is 9.18 Å². The molecule has 1 aromatic rings. The standard InChI is InChI=1S/C13H17BrFNO/c1-5-13(2,3)16(4)12(17)10-8-9(15)6-7-11(10)14/h6-8H,5H2,1-4H3. The fourth-order valence-electron chi connectivity index (χ4n) is 1.35. The molecule has 94 valence electrons. The lowest BCUT2D eigenvalue weighted by Crippen LogP contribution is -2.44. The Bertz CT molecular complexity index is 431. The zero-order valence-electron chi connectivity index (χ0n) is 10.6. The van der Waals surface area contributed by atoms with Crippen molar-refractivity contribution in [2.75, 3.05) is 7.05 Å². The van der Waals surface area contributed by atoms with Gasteiger partial charge in [0, 0.05) is 17.1 Å². The SMILES string of the molecule is CCC(C)(C)N(C)C(=O)c1cc(F)ccc1Br. The minimum Gasteiger partial charge on any atom is -0.337 e. The average molecular weight is 302 g/mol. The van der Waals surface area contributed by atoms with Crippen molar-refractivity contribution in [1.82, 2.24) is 4.90 Å². The van der Waals surface area contributed by atoms with Gasteiger partial charge in [0.2, 0.25) is 0 Å². The monoisotopic (exact) mass is 301 g/mol. The van der Waals surface area contributed by atoms with Gasteiger partial charge in [-0.05, 0) is 54.4 Å². The molecule has 17 heavy (non-hydrogen) atoms. The van der Waals surface area contributed by atoms with Gasteiger partial charge < -0.3 is 4.90 Å². The molecule has 0 aromatic heterocycles. The number of hydrogen-bond donors (Lipinski definition) is 0. The van der Waals surface area contributed by atoms with Gasteiger partial charge in [-0.15, -0.1) is 0 Å². The minimum atomic E-state index is -0.403. The van der Waals surface area contributed by atoms with Gasteiger partial charge in [0.05, 0.1) is 5.56 Å². The van der Waals surface area contributed by atoms with Crippen LogP contribution in [0.3, 0.4) is 0 Å². The third kappa shape index (κ3) is 3.06. The highest BCUT2D eigenvalue weighted by molar-refractivity contribution is 9.10. The van der Waals surface area contributed by atoms with E-state index in [1.54, 1.807) is 18.0 Å². The molecule has 0 spiro atoms. The highest BCUT2D eigenvalue weighted by Crippen LogP contribution is 2.24. The molecule has 1 rings (SSSR count). The molecule has 0 heterocycles. The van der Waals surface area contributed by atoms with Gasteiger partial charge in [0.15, 0.2) is 0 Å². The first-order valence-electron chi connectivity index (χ1n) is 5.53. The summed E-state index contributed by atoms with van der Waals surface area (Å²) >= 11 is 3.27. The predicted molar refractivity (Wildman–Crippen MR) is 70.6 cm³/mol. The topological polar surface area (TPSA) is 20.3 Å². The number of benzene rings is 1. The van der Waals surface area contributed by atoms with Crippen molar-refractivity contribution in [3.8, 4) is 0 Å². The molecule has 0 aliphatic rings. The quantitative estimate of drug-likeness (QED) is 0.830. The lowest BCUT2D eigenvalue weighted by atomic mass is 9.99. The maximum absolute atomic E-state index is 13.2. The molecular formula is C13H17BrFNO. The summed E-state index contributed by atoms with van der Waals surface area (Å²) in [6, 6.07) is 4.13. The first kappa shape index (κ1) is 14.2. The van der Waals surface area contributed by atoms with Crippen LogP contribution in [0.15, 0.2) is 22.7 Å². The summed E-state index contributed by atoms with van der Waals surface area (Å²) in [6.07, 6.45) is 0.835. The predicted octanol–water partition coefficient (Wildman–Crippen LogP) is 3.85. The minimum absolute atomic E-state index is 0.178. The summed E-state index contributed by atoms with van der Waals surface area (Å²) in [5.41, 5.74) is 0.108. The van der Waals surface area contributed by atoms with Crippen molar-refractivity contribution in [1.29, 1.82) is 0 Å². The number of nitrogens with zero attached hydrogens (tertiary/aromatic N) is 1. The Kier molecular flexibility index (Phi) is 4.31. The summed E-state index contributed by atoms with van der Waals surface area (Å²) in [6.45, 7) is 5.99. The number of carbonyl (C=O) groups is 1. The van der Waals surface area contributed by atoms with Crippen LogP contribution >= 0.6 is 15.9 Å². The number of halogens is 2. The summed E-state index contributed by atoms with van der Waals surface area (Å²) in [7, 11) is 1.74. The van der Waals surface area contributed by atoms with Crippen molar-refractivity contribution in [3.05, 3.63) is 34.1 Å². The lowest BCUT2D eigenvalue weighted by molar-refractivity contribution is 0.0619. The zero-order chi connectivity index (χ0) is 13.2. The van der Waals surface area contributed by atoms with Gasteiger partial charge in [-0.2, -0.15) is 0 Å². The lowest BCUT2D eigenvalue weighted by Gasteiger charge is -2.35. The summed E-state index contributed by atoms with van der Waals surface area (Å²) in [5, 5.41) is 0. The molecule has 0 bridgehead atoms.